The van der Waals surface area contributed by atoms with Gasteiger partial charge in [0.25, 0.3) is 0 Å². The van der Waals surface area contributed by atoms with Crippen molar-refractivity contribution in [1.82, 2.24) is 29.9 Å². The molecule has 0 aliphatic carbocycles. The van der Waals surface area contributed by atoms with Crippen LogP contribution in [0.3, 0.4) is 0 Å². The molecule has 17 heavy (non-hydrogen) atoms. The van der Waals surface area contributed by atoms with Crippen molar-refractivity contribution in [2.24, 2.45) is 7.05 Å². The summed E-state index contributed by atoms with van der Waals surface area (Å²) in [6.45, 7) is 5.72. The lowest BCUT2D eigenvalue weighted by Crippen LogP contribution is -2.24. The first kappa shape index (κ1) is 11.8. The van der Waals surface area contributed by atoms with Gasteiger partial charge in [-0.25, -0.2) is 4.98 Å². The third-order valence-corrected chi connectivity index (χ3v) is 2.45. The molecule has 0 spiro atoms. The molecule has 2 rings (SSSR count). The summed E-state index contributed by atoms with van der Waals surface area (Å²) in [5.41, 5.74) is 0.941. The lowest BCUT2D eigenvalue weighted by Gasteiger charge is -2.09. The number of nitrogens with zero attached hydrogens (tertiary/aromatic N) is 5. The van der Waals surface area contributed by atoms with Crippen molar-refractivity contribution in [3.8, 4) is 0 Å². The van der Waals surface area contributed by atoms with Gasteiger partial charge in [0.1, 0.15) is 11.5 Å². The zero-order valence-electron chi connectivity index (χ0n) is 10.5. The van der Waals surface area contributed by atoms with Crippen molar-refractivity contribution in [2.75, 3.05) is 0 Å². The Balaban J connectivity index is 2.03. The van der Waals surface area contributed by atoms with Crippen molar-refractivity contribution in [1.29, 1.82) is 0 Å². The van der Waals surface area contributed by atoms with Crippen LogP contribution >= 0.6 is 0 Å². The first-order valence-corrected chi connectivity index (χ1v) is 5.73. The maximum atomic E-state index is 4.34. The largest absolute Gasteiger partial charge is 0.328 e. The van der Waals surface area contributed by atoms with Gasteiger partial charge in [-0.3, -0.25) is 4.68 Å². The van der Waals surface area contributed by atoms with Gasteiger partial charge in [0, 0.05) is 31.7 Å². The summed E-state index contributed by atoms with van der Waals surface area (Å²) in [5.74, 6) is 1.02. The van der Waals surface area contributed by atoms with E-state index in [9.17, 15) is 0 Å². The zero-order valence-corrected chi connectivity index (χ0v) is 10.5. The highest BCUT2D eigenvalue weighted by molar-refractivity contribution is 5.00. The predicted molar refractivity (Wildman–Crippen MR) is 64.3 cm³/mol. The molecular formula is C11H18N6. The maximum Gasteiger partial charge on any atom is 0.123 e. The zero-order chi connectivity index (χ0) is 12.3. The van der Waals surface area contributed by atoms with Crippen LogP contribution < -0.4 is 5.32 Å². The molecule has 0 aromatic carbocycles. The summed E-state index contributed by atoms with van der Waals surface area (Å²) < 4.78 is 3.79. The topological polar surface area (TPSA) is 60.6 Å². The minimum Gasteiger partial charge on any atom is -0.328 e. The molecule has 2 heterocycles. The molecule has 2 aromatic heterocycles. The molecule has 0 bridgehead atoms. The molecule has 0 atom stereocenters. The van der Waals surface area contributed by atoms with E-state index < -0.39 is 0 Å². The molecule has 0 saturated heterocycles. The van der Waals surface area contributed by atoms with Crippen molar-refractivity contribution in [3.63, 3.8) is 0 Å². The molecular weight excluding hydrogens is 216 g/mol. The number of hydrogen-bond donors (Lipinski definition) is 1. The van der Waals surface area contributed by atoms with Gasteiger partial charge in [-0.15, -0.1) is 5.10 Å². The van der Waals surface area contributed by atoms with Crippen molar-refractivity contribution in [3.05, 3.63) is 30.1 Å². The van der Waals surface area contributed by atoms with E-state index >= 15 is 0 Å². The monoisotopic (exact) mass is 234 g/mol. The summed E-state index contributed by atoms with van der Waals surface area (Å²) in [4.78, 5) is 4.34. The van der Waals surface area contributed by atoms with E-state index in [2.05, 4.69) is 39.0 Å². The lowest BCUT2D eigenvalue weighted by molar-refractivity contribution is 0.553. The van der Waals surface area contributed by atoms with E-state index in [1.165, 1.54) is 0 Å². The first-order chi connectivity index (χ1) is 8.15. The van der Waals surface area contributed by atoms with E-state index in [0.29, 0.717) is 12.6 Å². The molecule has 0 amide bonds. The Morgan fingerprint density at radius 2 is 2.24 bits per heavy atom. The first-order valence-electron chi connectivity index (χ1n) is 5.73. The average molecular weight is 234 g/mol. The third-order valence-electron chi connectivity index (χ3n) is 2.45. The smallest absolute Gasteiger partial charge is 0.123 e. The molecule has 0 fully saturated rings. The van der Waals surface area contributed by atoms with Crippen LogP contribution in [0.2, 0.25) is 0 Å². The molecule has 0 aliphatic heterocycles. The van der Waals surface area contributed by atoms with Gasteiger partial charge in [0.05, 0.1) is 13.1 Å². The number of hydrogen-bond acceptors (Lipinski definition) is 4. The van der Waals surface area contributed by atoms with E-state index in [0.717, 1.165) is 18.1 Å². The predicted octanol–water partition coefficient (Wildman–Crippen LogP) is 0.558. The standard InChI is InChI=1S/C11H18N6/c1-9(2)13-6-11-12-4-5-17(11)8-10-7-16(3)15-14-10/h4-5,7,9,13H,6,8H2,1-3H3. The lowest BCUT2D eigenvalue weighted by atomic mass is 10.4. The van der Waals surface area contributed by atoms with Crippen LogP contribution in [0.5, 0.6) is 0 Å². The number of aryl methyl sites for hydroxylation is 1. The van der Waals surface area contributed by atoms with Crippen LogP contribution in [0.15, 0.2) is 18.6 Å². The highest BCUT2D eigenvalue weighted by Crippen LogP contribution is 2.02. The SMILES string of the molecule is CC(C)NCc1nccn1Cc1cn(C)nn1. The summed E-state index contributed by atoms with van der Waals surface area (Å²) in [6.07, 6.45) is 5.69. The molecule has 92 valence electrons. The molecule has 0 aliphatic rings. The molecule has 0 saturated carbocycles. The minimum absolute atomic E-state index is 0.455. The highest BCUT2D eigenvalue weighted by atomic mass is 15.4. The number of rotatable bonds is 5. The van der Waals surface area contributed by atoms with E-state index in [1.54, 1.807) is 4.68 Å². The molecule has 6 nitrogen and oxygen atoms in total. The molecule has 1 N–H and O–H groups in total. The van der Waals surface area contributed by atoms with Gasteiger partial charge in [0.15, 0.2) is 0 Å². The van der Waals surface area contributed by atoms with Crippen LogP contribution in [-0.2, 0) is 20.1 Å². The van der Waals surface area contributed by atoms with E-state index in [-0.39, 0.29) is 0 Å². The fourth-order valence-corrected chi connectivity index (χ4v) is 1.59. The maximum absolute atomic E-state index is 4.34. The molecule has 2 aromatic rings. The summed E-state index contributed by atoms with van der Waals surface area (Å²) in [7, 11) is 1.87. The van der Waals surface area contributed by atoms with Gasteiger partial charge in [0.2, 0.25) is 0 Å². The number of nitrogens with one attached hydrogen (secondary N) is 1. The fourth-order valence-electron chi connectivity index (χ4n) is 1.59. The van der Waals surface area contributed by atoms with Crippen molar-refractivity contribution < 1.29 is 0 Å². The van der Waals surface area contributed by atoms with Gasteiger partial charge in [-0.2, -0.15) is 0 Å². The number of imidazole rings is 1. The molecule has 6 heteroatoms. The summed E-state index contributed by atoms with van der Waals surface area (Å²) in [5, 5.41) is 11.3. The summed E-state index contributed by atoms with van der Waals surface area (Å²) >= 11 is 0. The molecule has 0 radical (unpaired) electrons. The van der Waals surface area contributed by atoms with E-state index in [1.807, 2.05) is 25.6 Å². The minimum atomic E-state index is 0.455. The third kappa shape index (κ3) is 3.13. The second kappa shape index (κ2) is 5.09. The fraction of sp³-hybridized carbons (Fsp3) is 0.545. The highest BCUT2D eigenvalue weighted by Gasteiger charge is 2.06. The van der Waals surface area contributed by atoms with E-state index in [4.69, 9.17) is 0 Å². The second-order valence-electron chi connectivity index (χ2n) is 4.39. The second-order valence-corrected chi connectivity index (χ2v) is 4.39. The Morgan fingerprint density at radius 3 is 2.88 bits per heavy atom. The average Bonchev–Trinajstić information content (AvgIpc) is 2.86. The Labute approximate surface area is 101 Å². The Kier molecular flexibility index (Phi) is 3.53. The van der Waals surface area contributed by atoms with Crippen molar-refractivity contribution in [2.45, 2.75) is 33.0 Å². The number of aromatic nitrogens is 5. The van der Waals surface area contributed by atoms with Gasteiger partial charge >= 0.3 is 0 Å². The van der Waals surface area contributed by atoms with Crippen LogP contribution in [0.1, 0.15) is 25.4 Å². The van der Waals surface area contributed by atoms with Gasteiger partial charge in [-0.05, 0) is 0 Å². The Morgan fingerprint density at radius 1 is 1.41 bits per heavy atom. The Hall–Kier alpha value is -1.69. The van der Waals surface area contributed by atoms with Crippen LogP contribution in [0.4, 0.5) is 0 Å². The van der Waals surface area contributed by atoms with Crippen LogP contribution in [0.25, 0.3) is 0 Å². The normalized spacial score (nSPS) is 11.3. The van der Waals surface area contributed by atoms with Crippen LogP contribution in [0, 0.1) is 0 Å². The van der Waals surface area contributed by atoms with Gasteiger partial charge < -0.3 is 9.88 Å². The Bertz CT molecular complexity index is 470. The van der Waals surface area contributed by atoms with Crippen LogP contribution in [-0.4, -0.2) is 30.6 Å². The summed E-state index contributed by atoms with van der Waals surface area (Å²) in [6, 6.07) is 0.455. The molecule has 0 unspecified atom stereocenters. The van der Waals surface area contributed by atoms with Gasteiger partial charge in [-0.1, -0.05) is 19.1 Å². The quantitative estimate of drug-likeness (QED) is 0.821. The van der Waals surface area contributed by atoms with Crippen molar-refractivity contribution >= 4 is 0 Å².